The molecule has 0 atom stereocenters. The molecule has 0 saturated heterocycles. The molecule has 0 aliphatic carbocycles. The molecule has 1 aromatic heterocycles. The van der Waals surface area contributed by atoms with Gasteiger partial charge in [0.15, 0.2) is 0 Å². The Bertz CT molecular complexity index is 420. The van der Waals surface area contributed by atoms with Crippen LogP contribution in [-0.4, -0.2) is 36.7 Å². The van der Waals surface area contributed by atoms with Crippen LogP contribution in [0.4, 0.5) is 0 Å². The number of H-pyrrole nitrogens is 1. The Hall–Kier alpha value is -1.62. The van der Waals surface area contributed by atoms with E-state index in [0.29, 0.717) is 0 Å². The van der Waals surface area contributed by atoms with Crippen molar-refractivity contribution in [2.75, 3.05) is 20.3 Å². The average Bonchev–Trinajstić information content (AvgIpc) is 2.56. The maximum Gasteiger partial charge on any atom is 0.0986 e. The van der Waals surface area contributed by atoms with Gasteiger partial charge in [-0.3, -0.25) is 10.1 Å². The number of hydrogen-bond acceptors (Lipinski definition) is 4. The quantitative estimate of drug-likeness (QED) is 0.713. The van der Waals surface area contributed by atoms with Crippen LogP contribution in [0, 0.1) is 0 Å². The van der Waals surface area contributed by atoms with Crippen LogP contribution in [0.25, 0.3) is 5.57 Å². The van der Waals surface area contributed by atoms with Crippen LogP contribution in [0.1, 0.15) is 17.0 Å². The van der Waals surface area contributed by atoms with E-state index in [4.69, 9.17) is 10.5 Å². The maximum absolute atomic E-state index is 5.58. The Kier molecular flexibility index (Phi) is 3.36. The topological polar surface area (TPSA) is 76.3 Å². The van der Waals surface area contributed by atoms with E-state index in [0.717, 1.165) is 43.0 Å². The van der Waals surface area contributed by atoms with E-state index >= 15 is 0 Å². The van der Waals surface area contributed by atoms with E-state index in [-0.39, 0.29) is 0 Å². The van der Waals surface area contributed by atoms with Crippen LogP contribution in [0.2, 0.25) is 0 Å². The number of hydrogen-bond donors (Lipinski definition) is 2. The average molecular weight is 220 g/mol. The molecule has 0 radical (unpaired) electrons. The highest BCUT2D eigenvalue weighted by molar-refractivity contribution is 6.09. The normalized spacial score (nSPS) is 17.4. The molecule has 0 bridgehead atoms. The molecule has 0 fully saturated rings. The molecule has 1 aromatic rings. The molecule has 2 heterocycles. The number of aromatic nitrogens is 2. The van der Waals surface area contributed by atoms with Gasteiger partial charge in [-0.25, -0.2) is 0 Å². The highest BCUT2D eigenvalue weighted by atomic mass is 16.5. The third-order valence-electron chi connectivity index (χ3n) is 2.67. The Morgan fingerprint density at radius 3 is 3.06 bits per heavy atom. The third-order valence-corrected chi connectivity index (χ3v) is 2.67. The van der Waals surface area contributed by atoms with Crippen LogP contribution in [0.3, 0.4) is 0 Å². The lowest BCUT2D eigenvalue weighted by atomic mass is 10.0. The number of ether oxygens (including phenoxy) is 1. The Morgan fingerprint density at radius 1 is 1.50 bits per heavy atom. The summed E-state index contributed by atoms with van der Waals surface area (Å²) in [7, 11) is 1.72. The van der Waals surface area contributed by atoms with Crippen LogP contribution >= 0.6 is 0 Å². The Labute approximate surface area is 94.4 Å². The molecule has 5 nitrogen and oxygen atoms in total. The minimum absolute atomic E-state index is 0.737. The van der Waals surface area contributed by atoms with Crippen molar-refractivity contribution in [1.82, 2.24) is 10.2 Å². The molecule has 86 valence electrons. The summed E-state index contributed by atoms with van der Waals surface area (Å²) in [4.78, 5) is 3.98. The number of nitrogens with two attached hydrogens (primary N) is 1. The second kappa shape index (κ2) is 4.94. The molecular weight excluding hydrogens is 204 g/mol. The zero-order valence-corrected chi connectivity index (χ0v) is 9.36. The Morgan fingerprint density at radius 2 is 2.31 bits per heavy atom. The molecule has 0 unspecified atom stereocenters. The van der Waals surface area contributed by atoms with Crippen molar-refractivity contribution in [2.24, 2.45) is 10.7 Å². The number of nitrogens with zero attached hydrogens (tertiary/aromatic N) is 2. The monoisotopic (exact) mass is 220 g/mol. The molecule has 0 saturated carbocycles. The molecular formula is C11H16N4O. The van der Waals surface area contributed by atoms with Gasteiger partial charge in [0.1, 0.15) is 0 Å². The fourth-order valence-electron chi connectivity index (χ4n) is 1.89. The zero-order valence-electron chi connectivity index (χ0n) is 9.36. The lowest BCUT2D eigenvalue weighted by Gasteiger charge is -2.01. The summed E-state index contributed by atoms with van der Waals surface area (Å²) in [5.74, 6) is 0. The standard InChI is InChI=1S/C11H16N4O/c1-13-7-8(6-12)11-9-2-4-16-5-3-10(9)14-15-11/h6-7H,2-5,12H2,1H3,(H,14,15). The summed E-state index contributed by atoms with van der Waals surface area (Å²) in [5.41, 5.74) is 9.68. The van der Waals surface area contributed by atoms with Gasteiger partial charge < -0.3 is 10.5 Å². The molecule has 1 aliphatic rings. The van der Waals surface area contributed by atoms with Gasteiger partial charge in [-0.2, -0.15) is 5.10 Å². The third kappa shape index (κ3) is 1.99. The largest absolute Gasteiger partial charge is 0.404 e. The van der Waals surface area contributed by atoms with Crippen molar-refractivity contribution in [2.45, 2.75) is 12.8 Å². The van der Waals surface area contributed by atoms with E-state index in [1.165, 1.54) is 11.8 Å². The summed E-state index contributed by atoms with van der Waals surface area (Å²) < 4.78 is 5.43. The number of nitrogens with one attached hydrogen (secondary N) is 1. The smallest absolute Gasteiger partial charge is 0.0986 e. The van der Waals surface area contributed by atoms with E-state index < -0.39 is 0 Å². The number of rotatable bonds is 2. The van der Waals surface area contributed by atoms with Crippen molar-refractivity contribution < 1.29 is 4.74 Å². The number of aromatic amines is 1. The van der Waals surface area contributed by atoms with Crippen molar-refractivity contribution in [3.8, 4) is 0 Å². The predicted molar refractivity (Wildman–Crippen MR) is 63.4 cm³/mol. The Balaban J connectivity index is 2.38. The maximum atomic E-state index is 5.58. The molecule has 0 amide bonds. The van der Waals surface area contributed by atoms with Crippen molar-refractivity contribution >= 4 is 11.8 Å². The van der Waals surface area contributed by atoms with Crippen LogP contribution < -0.4 is 5.73 Å². The van der Waals surface area contributed by atoms with Crippen LogP contribution in [-0.2, 0) is 17.6 Å². The second-order valence-corrected chi connectivity index (χ2v) is 3.65. The summed E-state index contributed by atoms with van der Waals surface area (Å²) in [6.07, 6.45) is 5.01. The van der Waals surface area contributed by atoms with E-state index in [1.54, 1.807) is 13.3 Å². The van der Waals surface area contributed by atoms with Crippen LogP contribution in [0.15, 0.2) is 11.2 Å². The van der Waals surface area contributed by atoms with Gasteiger partial charge in [-0.1, -0.05) is 0 Å². The van der Waals surface area contributed by atoms with Crippen molar-refractivity contribution in [3.05, 3.63) is 23.2 Å². The first-order chi connectivity index (χ1) is 7.86. The molecule has 2 rings (SSSR count). The fourth-order valence-corrected chi connectivity index (χ4v) is 1.89. The number of aliphatic imine (C=N–C) groups is 1. The molecule has 0 spiro atoms. The molecule has 5 heteroatoms. The number of allylic oxidation sites excluding steroid dienone is 1. The lowest BCUT2D eigenvalue weighted by molar-refractivity contribution is 0.146. The molecule has 3 N–H and O–H groups in total. The van der Waals surface area contributed by atoms with Gasteiger partial charge in [0, 0.05) is 42.7 Å². The summed E-state index contributed by atoms with van der Waals surface area (Å²) in [5, 5.41) is 7.36. The van der Waals surface area contributed by atoms with Gasteiger partial charge in [0.25, 0.3) is 0 Å². The number of fused-ring (bicyclic) bond motifs is 1. The summed E-state index contributed by atoms with van der Waals surface area (Å²) >= 11 is 0. The highest BCUT2D eigenvalue weighted by Crippen LogP contribution is 2.21. The van der Waals surface area contributed by atoms with E-state index in [9.17, 15) is 0 Å². The summed E-state index contributed by atoms with van der Waals surface area (Å²) in [6.45, 7) is 1.48. The first kappa shape index (κ1) is 10.9. The molecule has 1 aliphatic heterocycles. The second-order valence-electron chi connectivity index (χ2n) is 3.65. The minimum atomic E-state index is 0.737. The first-order valence-electron chi connectivity index (χ1n) is 5.35. The zero-order chi connectivity index (χ0) is 11.4. The minimum Gasteiger partial charge on any atom is -0.404 e. The van der Waals surface area contributed by atoms with Crippen molar-refractivity contribution in [1.29, 1.82) is 0 Å². The SMILES string of the molecule is CN=CC(=CN)c1n[nH]c2c1CCOCC2. The van der Waals surface area contributed by atoms with Gasteiger partial charge in [-0.15, -0.1) is 0 Å². The van der Waals surface area contributed by atoms with Crippen molar-refractivity contribution in [3.63, 3.8) is 0 Å². The van der Waals surface area contributed by atoms with Crippen LogP contribution in [0.5, 0.6) is 0 Å². The summed E-state index contributed by atoms with van der Waals surface area (Å²) in [6, 6.07) is 0. The highest BCUT2D eigenvalue weighted by Gasteiger charge is 2.17. The first-order valence-corrected chi connectivity index (χ1v) is 5.35. The van der Waals surface area contributed by atoms with Gasteiger partial charge in [-0.05, 0) is 6.42 Å². The predicted octanol–water partition coefficient (Wildman–Crippen LogP) is 0.525. The fraction of sp³-hybridized carbons (Fsp3) is 0.455. The lowest BCUT2D eigenvalue weighted by Crippen LogP contribution is -1.99. The van der Waals surface area contributed by atoms with Gasteiger partial charge in [0.05, 0.1) is 18.9 Å². The van der Waals surface area contributed by atoms with E-state index in [1.807, 2.05) is 0 Å². The molecule has 0 aromatic carbocycles. The van der Waals surface area contributed by atoms with Gasteiger partial charge >= 0.3 is 0 Å². The van der Waals surface area contributed by atoms with Gasteiger partial charge in [0.2, 0.25) is 0 Å². The molecule has 16 heavy (non-hydrogen) atoms. The van der Waals surface area contributed by atoms with E-state index in [2.05, 4.69) is 15.2 Å².